The molecule has 2 aromatic rings. The normalized spacial score (nSPS) is 10.6. The molecular formula is C14H20N4S. The van der Waals surface area contributed by atoms with Crippen molar-refractivity contribution in [2.24, 2.45) is 0 Å². The van der Waals surface area contributed by atoms with Gasteiger partial charge >= 0.3 is 0 Å². The number of rotatable bonds is 6. The fraction of sp³-hybridized carbons (Fsp3) is 0.429. The maximum atomic E-state index is 5.33. The van der Waals surface area contributed by atoms with Gasteiger partial charge in [0.25, 0.3) is 0 Å². The first kappa shape index (κ1) is 13.8. The van der Waals surface area contributed by atoms with E-state index in [-0.39, 0.29) is 0 Å². The summed E-state index contributed by atoms with van der Waals surface area (Å²) in [6.45, 7) is 3.19. The lowest BCUT2D eigenvalue weighted by atomic mass is 10.2. The van der Waals surface area contributed by atoms with E-state index >= 15 is 0 Å². The molecule has 0 fully saturated rings. The number of aromatic amines is 1. The van der Waals surface area contributed by atoms with Crippen molar-refractivity contribution in [2.45, 2.75) is 26.2 Å². The summed E-state index contributed by atoms with van der Waals surface area (Å²) < 4.78 is 2.60. The molecule has 0 spiro atoms. The minimum atomic E-state index is 0.628. The largest absolute Gasteiger partial charge is 0.344 e. The quantitative estimate of drug-likeness (QED) is 0.647. The molecule has 0 saturated carbocycles. The van der Waals surface area contributed by atoms with Gasteiger partial charge in [0.1, 0.15) is 0 Å². The van der Waals surface area contributed by atoms with Crippen molar-refractivity contribution < 1.29 is 0 Å². The molecule has 0 atom stereocenters. The summed E-state index contributed by atoms with van der Waals surface area (Å²) in [6.07, 6.45) is 3.63. The summed E-state index contributed by atoms with van der Waals surface area (Å²) in [5.41, 5.74) is 1.04. The Kier molecular flexibility index (Phi) is 4.74. The molecule has 0 aliphatic heterocycles. The summed E-state index contributed by atoms with van der Waals surface area (Å²) in [6, 6.07) is 10.1. The molecule has 102 valence electrons. The number of hydrogen-bond acceptors (Lipinski definition) is 3. The van der Waals surface area contributed by atoms with Crippen LogP contribution in [0.5, 0.6) is 0 Å². The molecule has 1 aromatic heterocycles. The average molecular weight is 276 g/mol. The van der Waals surface area contributed by atoms with Crippen LogP contribution in [0.15, 0.2) is 30.3 Å². The first-order valence-corrected chi connectivity index (χ1v) is 7.09. The summed E-state index contributed by atoms with van der Waals surface area (Å²) in [4.78, 5) is 2.15. The molecule has 0 saturated heterocycles. The van der Waals surface area contributed by atoms with E-state index in [1.54, 1.807) is 0 Å². The van der Waals surface area contributed by atoms with Gasteiger partial charge in [-0.25, -0.2) is 5.10 Å². The molecule has 0 amide bonds. The first-order chi connectivity index (χ1) is 9.24. The van der Waals surface area contributed by atoms with Crippen LogP contribution in [-0.4, -0.2) is 28.4 Å². The Morgan fingerprint density at radius 1 is 1.26 bits per heavy atom. The van der Waals surface area contributed by atoms with Gasteiger partial charge < -0.3 is 4.90 Å². The summed E-state index contributed by atoms with van der Waals surface area (Å²) >= 11 is 5.33. The van der Waals surface area contributed by atoms with E-state index < -0.39 is 0 Å². The average Bonchev–Trinajstić information content (AvgIpc) is 2.82. The number of unbranched alkanes of at least 4 members (excludes halogenated alkanes) is 2. The highest BCUT2D eigenvalue weighted by molar-refractivity contribution is 7.71. The highest BCUT2D eigenvalue weighted by Gasteiger charge is 2.11. The molecule has 0 aliphatic carbocycles. The number of anilines is 1. The number of nitrogens with zero attached hydrogens (tertiary/aromatic N) is 3. The van der Waals surface area contributed by atoms with Crippen molar-refractivity contribution >= 4 is 18.2 Å². The predicted octanol–water partition coefficient (Wildman–Crippen LogP) is 3.56. The molecule has 4 nitrogen and oxygen atoms in total. The van der Waals surface area contributed by atoms with E-state index in [0.29, 0.717) is 4.77 Å². The fourth-order valence-corrected chi connectivity index (χ4v) is 2.29. The van der Waals surface area contributed by atoms with Gasteiger partial charge in [0.05, 0.1) is 5.69 Å². The van der Waals surface area contributed by atoms with Crippen LogP contribution in [0.1, 0.15) is 26.2 Å². The smallest absolute Gasteiger partial charge is 0.230 e. The maximum Gasteiger partial charge on any atom is 0.230 e. The zero-order chi connectivity index (χ0) is 13.7. The molecule has 1 N–H and O–H groups in total. The topological polar surface area (TPSA) is 36.9 Å². The van der Waals surface area contributed by atoms with Crippen LogP contribution in [0.25, 0.3) is 5.69 Å². The maximum absolute atomic E-state index is 5.33. The van der Waals surface area contributed by atoms with Gasteiger partial charge in [-0.3, -0.25) is 4.57 Å². The second kappa shape index (κ2) is 6.52. The van der Waals surface area contributed by atoms with E-state index in [9.17, 15) is 0 Å². The summed E-state index contributed by atoms with van der Waals surface area (Å²) in [7, 11) is 2.06. The van der Waals surface area contributed by atoms with Gasteiger partial charge in [0.15, 0.2) is 0 Å². The minimum absolute atomic E-state index is 0.628. The van der Waals surface area contributed by atoms with Crippen molar-refractivity contribution in [3.63, 3.8) is 0 Å². The molecule has 1 heterocycles. The molecule has 2 rings (SSSR count). The van der Waals surface area contributed by atoms with E-state index in [1.165, 1.54) is 19.3 Å². The van der Waals surface area contributed by atoms with E-state index in [0.717, 1.165) is 18.2 Å². The standard InChI is InChI=1S/C14H20N4S/c1-3-4-8-11-17(2)13-15-16-14(19)18(13)12-9-6-5-7-10-12/h5-7,9-10H,3-4,8,11H2,1-2H3,(H,16,19). The van der Waals surface area contributed by atoms with Crippen LogP contribution >= 0.6 is 12.2 Å². The second-order valence-electron chi connectivity index (χ2n) is 4.63. The van der Waals surface area contributed by atoms with Gasteiger partial charge in [-0.2, -0.15) is 0 Å². The summed E-state index contributed by atoms with van der Waals surface area (Å²) in [5, 5.41) is 7.22. The van der Waals surface area contributed by atoms with Crippen LogP contribution in [-0.2, 0) is 0 Å². The second-order valence-corrected chi connectivity index (χ2v) is 5.02. The molecule has 0 unspecified atom stereocenters. The van der Waals surface area contributed by atoms with Gasteiger partial charge in [-0.05, 0) is 30.8 Å². The number of hydrogen-bond donors (Lipinski definition) is 1. The highest BCUT2D eigenvalue weighted by atomic mass is 32.1. The van der Waals surface area contributed by atoms with E-state index in [2.05, 4.69) is 29.1 Å². The van der Waals surface area contributed by atoms with Crippen molar-refractivity contribution in [1.82, 2.24) is 14.8 Å². The zero-order valence-electron chi connectivity index (χ0n) is 11.5. The highest BCUT2D eigenvalue weighted by Crippen LogP contribution is 2.17. The number of benzene rings is 1. The van der Waals surface area contributed by atoms with Gasteiger partial charge in [-0.1, -0.05) is 38.0 Å². The van der Waals surface area contributed by atoms with Crippen LogP contribution in [0, 0.1) is 4.77 Å². The molecule has 19 heavy (non-hydrogen) atoms. The zero-order valence-corrected chi connectivity index (χ0v) is 12.3. The summed E-state index contributed by atoms with van der Waals surface area (Å²) in [5.74, 6) is 0.868. The van der Waals surface area contributed by atoms with Gasteiger partial charge in [0, 0.05) is 13.6 Å². The first-order valence-electron chi connectivity index (χ1n) is 6.68. The Bertz CT molecular complexity index is 558. The van der Waals surface area contributed by atoms with Gasteiger partial charge in [-0.15, -0.1) is 5.10 Å². The lowest BCUT2D eigenvalue weighted by Gasteiger charge is -2.18. The molecule has 5 heteroatoms. The SMILES string of the molecule is CCCCCN(C)c1n[nH]c(=S)n1-c1ccccc1. The van der Waals surface area contributed by atoms with Crippen LogP contribution in [0.4, 0.5) is 5.95 Å². The molecular weight excluding hydrogens is 256 g/mol. The minimum Gasteiger partial charge on any atom is -0.344 e. The molecule has 0 radical (unpaired) electrons. The Morgan fingerprint density at radius 3 is 2.68 bits per heavy atom. The Labute approximate surface area is 119 Å². The Morgan fingerprint density at radius 2 is 2.00 bits per heavy atom. The van der Waals surface area contributed by atoms with Crippen LogP contribution in [0.2, 0.25) is 0 Å². The number of aromatic nitrogens is 3. The third-order valence-corrected chi connectivity index (χ3v) is 3.38. The lowest BCUT2D eigenvalue weighted by molar-refractivity contribution is 0.692. The lowest BCUT2D eigenvalue weighted by Crippen LogP contribution is -2.22. The van der Waals surface area contributed by atoms with Crippen molar-refractivity contribution in [3.8, 4) is 5.69 Å². The number of nitrogens with one attached hydrogen (secondary N) is 1. The van der Waals surface area contributed by atoms with Crippen LogP contribution < -0.4 is 4.90 Å². The van der Waals surface area contributed by atoms with Crippen molar-refractivity contribution in [3.05, 3.63) is 35.1 Å². The molecule has 0 bridgehead atoms. The van der Waals surface area contributed by atoms with E-state index in [4.69, 9.17) is 12.2 Å². The van der Waals surface area contributed by atoms with Gasteiger partial charge in [0.2, 0.25) is 10.7 Å². The molecule has 0 aliphatic rings. The fourth-order valence-electron chi connectivity index (χ4n) is 2.05. The van der Waals surface area contributed by atoms with E-state index in [1.807, 2.05) is 34.9 Å². The predicted molar refractivity (Wildman–Crippen MR) is 81.5 cm³/mol. The Balaban J connectivity index is 2.25. The third-order valence-electron chi connectivity index (χ3n) is 3.11. The number of para-hydroxylation sites is 1. The van der Waals surface area contributed by atoms with Crippen molar-refractivity contribution in [1.29, 1.82) is 0 Å². The Hall–Kier alpha value is -1.62. The van der Waals surface area contributed by atoms with Crippen molar-refractivity contribution in [2.75, 3.05) is 18.5 Å². The third kappa shape index (κ3) is 3.23. The number of H-pyrrole nitrogens is 1. The monoisotopic (exact) mass is 276 g/mol. The molecule has 1 aromatic carbocycles. The van der Waals surface area contributed by atoms with Crippen LogP contribution in [0.3, 0.4) is 0 Å².